The van der Waals surface area contributed by atoms with Gasteiger partial charge >= 0.3 is 0 Å². The summed E-state index contributed by atoms with van der Waals surface area (Å²) in [7, 11) is 1.88. The number of rotatable bonds is 1. The summed E-state index contributed by atoms with van der Waals surface area (Å²) < 4.78 is 1.77. The van der Waals surface area contributed by atoms with Crippen molar-refractivity contribution in [3.63, 3.8) is 0 Å². The highest BCUT2D eigenvalue weighted by molar-refractivity contribution is 5.95. The highest BCUT2D eigenvalue weighted by Crippen LogP contribution is 2.30. The number of nitrogen functional groups attached to an aromatic ring is 1. The molecule has 3 aromatic rings. The van der Waals surface area contributed by atoms with E-state index in [0.717, 1.165) is 22.2 Å². The zero-order chi connectivity index (χ0) is 11.1. The quantitative estimate of drug-likeness (QED) is 0.644. The number of aromatic amines is 1. The molecule has 16 heavy (non-hydrogen) atoms. The fourth-order valence-electron chi connectivity index (χ4n) is 1.95. The molecule has 0 saturated carbocycles. The molecule has 3 N–H and O–H groups in total. The first-order chi connectivity index (χ1) is 7.77. The second-order valence-corrected chi connectivity index (χ2v) is 3.71. The fraction of sp³-hybridized carbons (Fsp3) is 0.0909. The summed E-state index contributed by atoms with van der Waals surface area (Å²) in [4.78, 5) is 0. The van der Waals surface area contributed by atoms with Gasteiger partial charge in [0.05, 0.1) is 29.3 Å². The Bertz CT molecular complexity index is 630. The molecule has 0 radical (unpaired) electrons. The minimum Gasteiger partial charge on any atom is -0.396 e. The number of nitrogens with one attached hydrogen (secondary N) is 1. The second kappa shape index (κ2) is 3.10. The van der Waals surface area contributed by atoms with Crippen LogP contribution in [-0.4, -0.2) is 20.0 Å². The van der Waals surface area contributed by atoms with E-state index in [0.29, 0.717) is 5.69 Å². The zero-order valence-corrected chi connectivity index (χ0v) is 8.81. The summed E-state index contributed by atoms with van der Waals surface area (Å²) in [5.74, 6) is 0. The molecule has 0 aliphatic rings. The third-order valence-electron chi connectivity index (χ3n) is 2.70. The van der Waals surface area contributed by atoms with Gasteiger partial charge in [-0.1, -0.05) is 18.2 Å². The second-order valence-electron chi connectivity index (χ2n) is 3.71. The van der Waals surface area contributed by atoms with Gasteiger partial charge in [0, 0.05) is 18.0 Å². The SMILES string of the molecule is Cn1ncc(N)c1-c1cccc2cn[nH]c12. The molecule has 3 rings (SSSR count). The summed E-state index contributed by atoms with van der Waals surface area (Å²) in [6, 6.07) is 6.00. The van der Waals surface area contributed by atoms with E-state index in [1.54, 1.807) is 17.1 Å². The Morgan fingerprint density at radius 1 is 1.31 bits per heavy atom. The van der Waals surface area contributed by atoms with Crippen LogP contribution in [0.25, 0.3) is 22.2 Å². The van der Waals surface area contributed by atoms with E-state index >= 15 is 0 Å². The molecule has 1 aromatic carbocycles. The van der Waals surface area contributed by atoms with Gasteiger partial charge < -0.3 is 5.73 Å². The summed E-state index contributed by atoms with van der Waals surface area (Å²) in [5.41, 5.74) is 9.50. The number of benzene rings is 1. The van der Waals surface area contributed by atoms with Gasteiger partial charge in [0.25, 0.3) is 0 Å². The van der Waals surface area contributed by atoms with Crippen LogP contribution in [0.5, 0.6) is 0 Å². The molecule has 0 aliphatic carbocycles. The lowest BCUT2D eigenvalue weighted by molar-refractivity contribution is 0.776. The van der Waals surface area contributed by atoms with E-state index in [2.05, 4.69) is 15.3 Å². The number of fused-ring (bicyclic) bond motifs is 1. The van der Waals surface area contributed by atoms with E-state index in [1.165, 1.54) is 0 Å². The van der Waals surface area contributed by atoms with Gasteiger partial charge in [0.15, 0.2) is 0 Å². The number of aryl methyl sites for hydroxylation is 1. The van der Waals surface area contributed by atoms with E-state index in [4.69, 9.17) is 5.73 Å². The highest BCUT2D eigenvalue weighted by atomic mass is 15.3. The molecule has 0 aliphatic heterocycles. The van der Waals surface area contributed by atoms with Crippen LogP contribution in [-0.2, 0) is 7.05 Å². The first-order valence-electron chi connectivity index (χ1n) is 4.97. The van der Waals surface area contributed by atoms with Crippen molar-refractivity contribution in [2.24, 2.45) is 7.05 Å². The Morgan fingerprint density at radius 3 is 2.94 bits per heavy atom. The summed E-state index contributed by atoms with van der Waals surface area (Å²) >= 11 is 0. The summed E-state index contributed by atoms with van der Waals surface area (Å²) in [6.45, 7) is 0. The van der Waals surface area contributed by atoms with E-state index in [1.807, 2.05) is 25.2 Å². The van der Waals surface area contributed by atoms with Crippen molar-refractivity contribution in [3.8, 4) is 11.3 Å². The normalized spacial score (nSPS) is 11.1. The van der Waals surface area contributed by atoms with Gasteiger partial charge in [0.1, 0.15) is 0 Å². The molecule has 0 spiro atoms. The Kier molecular flexibility index (Phi) is 1.73. The Hall–Kier alpha value is -2.30. The lowest BCUT2D eigenvalue weighted by atomic mass is 10.1. The van der Waals surface area contributed by atoms with Crippen LogP contribution in [0.2, 0.25) is 0 Å². The average molecular weight is 213 g/mol. The maximum Gasteiger partial charge on any atom is 0.0930 e. The van der Waals surface area contributed by atoms with Crippen LogP contribution in [0.4, 0.5) is 5.69 Å². The van der Waals surface area contributed by atoms with Crippen molar-refractivity contribution < 1.29 is 0 Å². The third-order valence-corrected chi connectivity index (χ3v) is 2.70. The molecule has 5 heteroatoms. The summed E-state index contributed by atoms with van der Waals surface area (Å²) in [5, 5.41) is 12.2. The first kappa shape index (κ1) is 8.96. The maximum atomic E-state index is 5.92. The number of aromatic nitrogens is 4. The van der Waals surface area contributed by atoms with Gasteiger partial charge in [-0.2, -0.15) is 10.2 Å². The third kappa shape index (κ3) is 1.11. The Labute approximate surface area is 91.9 Å². The minimum absolute atomic E-state index is 0.671. The number of anilines is 1. The van der Waals surface area contributed by atoms with Gasteiger partial charge in [-0.15, -0.1) is 0 Å². The molecule has 0 fully saturated rings. The number of H-pyrrole nitrogens is 1. The van der Waals surface area contributed by atoms with Crippen molar-refractivity contribution in [2.75, 3.05) is 5.73 Å². The predicted octanol–water partition coefficient (Wildman–Crippen LogP) is 1.55. The van der Waals surface area contributed by atoms with E-state index in [-0.39, 0.29) is 0 Å². The van der Waals surface area contributed by atoms with Crippen LogP contribution < -0.4 is 5.73 Å². The van der Waals surface area contributed by atoms with Crippen molar-refractivity contribution in [2.45, 2.75) is 0 Å². The van der Waals surface area contributed by atoms with Crippen LogP contribution in [0.1, 0.15) is 0 Å². The predicted molar refractivity (Wildman–Crippen MR) is 62.7 cm³/mol. The Morgan fingerprint density at radius 2 is 2.19 bits per heavy atom. The first-order valence-corrected chi connectivity index (χ1v) is 4.97. The number of nitrogens with two attached hydrogens (primary N) is 1. The number of para-hydroxylation sites is 1. The largest absolute Gasteiger partial charge is 0.396 e. The van der Waals surface area contributed by atoms with E-state index in [9.17, 15) is 0 Å². The summed E-state index contributed by atoms with van der Waals surface area (Å²) in [6.07, 6.45) is 3.45. The smallest absolute Gasteiger partial charge is 0.0930 e. The minimum atomic E-state index is 0.671. The Balaban J connectivity index is 2.38. The average Bonchev–Trinajstić information content (AvgIpc) is 2.86. The molecule has 0 bridgehead atoms. The van der Waals surface area contributed by atoms with Crippen LogP contribution in [0, 0.1) is 0 Å². The molecule has 0 saturated heterocycles. The molecule has 0 unspecified atom stereocenters. The topological polar surface area (TPSA) is 72.5 Å². The molecular weight excluding hydrogens is 202 g/mol. The van der Waals surface area contributed by atoms with Crippen molar-refractivity contribution in [1.82, 2.24) is 20.0 Å². The number of hydrogen-bond acceptors (Lipinski definition) is 3. The van der Waals surface area contributed by atoms with Crippen molar-refractivity contribution in [1.29, 1.82) is 0 Å². The van der Waals surface area contributed by atoms with Crippen LogP contribution in [0.15, 0.2) is 30.6 Å². The van der Waals surface area contributed by atoms with Gasteiger partial charge in [0.2, 0.25) is 0 Å². The van der Waals surface area contributed by atoms with Gasteiger partial charge in [-0.25, -0.2) is 0 Å². The molecule has 2 heterocycles. The molecule has 0 amide bonds. The number of nitrogens with zero attached hydrogens (tertiary/aromatic N) is 3. The molecule has 2 aromatic heterocycles. The van der Waals surface area contributed by atoms with Crippen LogP contribution in [0.3, 0.4) is 0 Å². The van der Waals surface area contributed by atoms with Gasteiger partial charge in [-0.05, 0) is 0 Å². The van der Waals surface area contributed by atoms with Crippen molar-refractivity contribution in [3.05, 3.63) is 30.6 Å². The molecule has 5 nitrogen and oxygen atoms in total. The molecular formula is C11H11N5. The standard InChI is InChI=1S/C11H11N5/c1-16-11(9(12)6-14-16)8-4-2-3-7-5-13-15-10(7)8/h2-6H,12H2,1H3,(H,13,15). The van der Waals surface area contributed by atoms with Crippen molar-refractivity contribution >= 4 is 16.6 Å². The van der Waals surface area contributed by atoms with Gasteiger partial charge in [-0.3, -0.25) is 9.78 Å². The van der Waals surface area contributed by atoms with E-state index < -0.39 is 0 Å². The zero-order valence-electron chi connectivity index (χ0n) is 8.81. The number of hydrogen-bond donors (Lipinski definition) is 2. The van der Waals surface area contributed by atoms with Crippen LogP contribution >= 0.6 is 0 Å². The maximum absolute atomic E-state index is 5.92. The monoisotopic (exact) mass is 213 g/mol. The molecule has 80 valence electrons. The molecule has 0 atom stereocenters. The highest BCUT2D eigenvalue weighted by Gasteiger charge is 2.12. The lowest BCUT2D eigenvalue weighted by Crippen LogP contribution is -1.96. The fourth-order valence-corrected chi connectivity index (χ4v) is 1.95. The lowest BCUT2D eigenvalue weighted by Gasteiger charge is -2.04.